The first-order chi connectivity index (χ1) is 15.2. The van der Waals surface area contributed by atoms with Crippen LogP contribution in [0.15, 0.2) is 48.5 Å². The fourth-order valence-corrected chi connectivity index (χ4v) is 3.40. The van der Waals surface area contributed by atoms with Crippen molar-refractivity contribution in [1.29, 1.82) is 0 Å². The van der Waals surface area contributed by atoms with Gasteiger partial charge in [-0.1, -0.05) is 29.8 Å². The number of likely N-dealkylation sites (tertiary alicyclic amines) is 1. The Morgan fingerprint density at radius 1 is 1.03 bits per heavy atom. The summed E-state index contributed by atoms with van der Waals surface area (Å²) in [6.45, 7) is 5.60. The van der Waals surface area contributed by atoms with Crippen molar-refractivity contribution < 1.29 is 23.9 Å². The van der Waals surface area contributed by atoms with Crippen molar-refractivity contribution in [2.45, 2.75) is 39.8 Å². The molecule has 1 aliphatic rings. The van der Waals surface area contributed by atoms with Crippen LogP contribution in [0.2, 0.25) is 0 Å². The van der Waals surface area contributed by atoms with Crippen LogP contribution in [0.4, 0.5) is 11.4 Å². The second-order valence-electron chi connectivity index (χ2n) is 7.99. The van der Waals surface area contributed by atoms with Gasteiger partial charge in [0.2, 0.25) is 11.8 Å². The minimum Gasteiger partial charge on any atom is -0.452 e. The molecule has 0 bridgehead atoms. The summed E-state index contributed by atoms with van der Waals surface area (Å²) in [6, 6.07) is 14.5. The fraction of sp³-hybridized carbons (Fsp3) is 0.333. The minimum atomic E-state index is -1.02. The molecule has 0 aliphatic carbocycles. The minimum absolute atomic E-state index is 0.0731. The SMILES string of the molecule is CC(=O)Nc1ccc(NC(=O)[C@@H](C)OC(=O)[C@H]2CC(=O)N(Cc3ccc(C)cc3)C2)cc1. The molecule has 1 fully saturated rings. The Labute approximate surface area is 186 Å². The van der Waals surface area contributed by atoms with Crippen molar-refractivity contribution in [2.75, 3.05) is 17.2 Å². The Hall–Kier alpha value is -3.68. The summed E-state index contributed by atoms with van der Waals surface area (Å²) in [5, 5.41) is 5.30. The van der Waals surface area contributed by atoms with E-state index >= 15 is 0 Å². The van der Waals surface area contributed by atoms with E-state index in [9.17, 15) is 19.2 Å². The molecule has 0 spiro atoms. The van der Waals surface area contributed by atoms with Gasteiger partial charge in [-0.15, -0.1) is 0 Å². The molecule has 2 aromatic rings. The van der Waals surface area contributed by atoms with Gasteiger partial charge in [0.25, 0.3) is 5.91 Å². The van der Waals surface area contributed by atoms with Crippen molar-refractivity contribution >= 4 is 35.1 Å². The van der Waals surface area contributed by atoms with Gasteiger partial charge >= 0.3 is 5.97 Å². The summed E-state index contributed by atoms with van der Waals surface area (Å²) in [4.78, 5) is 49.9. The quantitative estimate of drug-likeness (QED) is 0.648. The van der Waals surface area contributed by atoms with Gasteiger partial charge in [0, 0.05) is 37.8 Å². The fourth-order valence-electron chi connectivity index (χ4n) is 3.40. The van der Waals surface area contributed by atoms with Crippen LogP contribution in [0.25, 0.3) is 0 Å². The smallest absolute Gasteiger partial charge is 0.312 e. The van der Waals surface area contributed by atoms with E-state index in [-0.39, 0.29) is 24.8 Å². The van der Waals surface area contributed by atoms with E-state index in [2.05, 4.69) is 10.6 Å². The molecule has 8 heteroatoms. The Bertz CT molecular complexity index is 1000. The van der Waals surface area contributed by atoms with Crippen LogP contribution in [0.3, 0.4) is 0 Å². The molecule has 32 heavy (non-hydrogen) atoms. The molecule has 1 saturated heterocycles. The number of rotatable bonds is 7. The average molecular weight is 437 g/mol. The number of anilines is 2. The second kappa shape index (κ2) is 10.1. The molecule has 0 aromatic heterocycles. The van der Waals surface area contributed by atoms with E-state index in [1.54, 1.807) is 29.2 Å². The summed E-state index contributed by atoms with van der Waals surface area (Å²) >= 11 is 0. The van der Waals surface area contributed by atoms with Gasteiger partial charge < -0.3 is 20.3 Å². The van der Waals surface area contributed by atoms with Crippen LogP contribution in [0.1, 0.15) is 31.4 Å². The maximum absolute atomic E-state index is 12.5. The van der Waals surface area contributed by atoms with E-state index in [4.69, 9.17) is 4.74 Å². The van der Waals surface area contributed by atoms with Crippen LogP contribution in [0, 0.1) is 12.8 Å². The average Bonchev–Trinajstić information content (AvgIpc) is 3.11. The monoisotopic (exact) mass is 437 g/mol. The van der Waals surface area contributed by atoms with E-state index < -0.39 is 23.9 Å². The molecule has 0 saturated carbocycles. The molecular formula is C24H27N3O5. The summed E-state index contributed by atoms with van der Waals surface area (Å²) in [5.41, 5.74) is 3.25. The maximum atomic E-state index is 12.5. The van der Waals surface area contributed by atoms with Gasteiger partial charge in [0.1, 0.15) is 0 Å². The molecule has 1 aliphatic heterocycles. The number of amides is 3. The lowest BCUT2D eigenvalue weighted by Crippen LogP contribution is -2.33. The van der Waals surface area contributed by atoms with Gasteiger partial charge in [-0.05, 0) is 43.7 Å². The Balaban J connectivity index is 1.50. The predicted octanol–water partition coefficient (Wildman–Crippen LogP) is 2.87. The number of carbonyl (C=O) groups is 4. The highest BCUT2D eigenvalue weighted by atomic mass is 16.5. The lowest BCUT2D eigenvalue weighted by atomic mass is 10.1. The van der Waals surface area contributed by atoms with Gasteiger partial charge in [-0.25, -0.2) is 0 Å². The van der Waals surface area contributed by atoms with Gasteiger partial charge in [-0.3, -0.25) is 19.2 Å². The molecular weight excluding hydrogens is 410 g/mol. The lowest BCUT2D eigenvalue weighted by Gasteiger charge is -2.18. The number of hydrogen-bond acceptors (Lipinski definition) is 5. The molecule has 2 atom stereocenters. The zero-order chi connectivity index (χ0) is 23.3. The summed E-state index contributed by atoms with van der Waals surface area (Å²) in [7, 11) is 0. The van der Waals surface area contributed by atoms with Crippen molar-refractivity contribution in [2.24, 2.45) is 5.92 Å². The third-order valence-electron chi connectivity index (χ3n) is 5.18. The molecule has 0 radical (unpaired) electrons. The largest absolute Gasteiger partial charge is 0.452 e. The number of hydrogen-bond donors (Lipinski definition) is 2. The van der Waals surface area contributed by atoms with Crippen LogP contribution in [0.5, 0.6) is 0 Å². The van der Waals surface area contributed by atoms with Crippen molar-refractivity contribution in [1.82, 2.24) is 4.90 Å². The molecule has 168 valence electrons. The molecule has 1 heterocycles. The maximum Gasteiger partial charge on any atom is 0.312 e. The second-order valence-corrected chi connectivity index (χ2v) is 7.99. The highest BCUT2D eigenvalue weighted by Crippen LogP contribution is 2.22. The number of nitrogens with zero attached hydrogens (tertiary/aromatic N) is 1. The zero-order valence-electron chi connectivity index (χ0n) is 18.4. The van der Waals surface area contributed by atoms with Gasteiger partial charge in [0.15, 0.2) is 6.10 Å². The topological polar surface area (TPSA) is 105 Å². The molecule has 0 unspecified atom stereocenters. The number of esters is 1. The molecule has 8 nitrogen and oxygen atoms in total. The van der Waals surface area contributed by atoms with Crippen LogP contribution >= 0.6 is 0 Å². The first kappa shape index (κ1) is 23.0. The summed E-state index contributed by atoms with van der Waals surface area (Å²) < 4.78 is 5.32. The summed E-state index contributed by atoms with van der Waals surface area (Å²) in [6.07, 6.45) is -0.942. The molecule has 2 aromatic carbocycles. The number of nitrogens with one attached hydrogen (secondary N) is 2. The first-order valence-corrected chi connectivity index (χ1v) is 10.4. The van der Waals surface area contributed by atoms with Crippen molar-refractivity contribution in [3.05, 3.63) is 59.7 Å². The third-order valence-corrected chi connectivity index (χ3v) is 5.18. The highest BCUT2D eigenvalue weighted by Gasteiger charge is 2.36. The highest BCUT2D eigenvalue weighted by molar-refractivity contribution is 5.96. The first-order valence-electron chi connectivity index (χ1n) is 10.4. The number of benzene rings is 2. The zero-order valence-corrected chi connectivity index (χ0v) is 18.4. The normalized spacial score (nSPS) is 16.4. The van der Waals surface area contributed by atoms with Crippen LogP contribution in [-0.2, 0) is 30.5 Å². The van der Waals surface area contributed by atoms with Crippen LogP contribution in [-0.4, -0.2) is 41.2 Å². The third kappa shape index (κ3) is 6.16. The van der Waals surface area contributed by atoms with Crippen molar-refractivity contribution in [3.63, 3.8) is 0 Å². The van der Waals surface area contributed by atoms with Gasteiger partial charge in [0.05, 0.1) is 5.92 Å². The lowest BCUT2D eigenvalue weighted by molar-refractivity contribution is -0.157. The Kier molecular flexibility index (Phi) is 7.25. The van der Waals surface area contributed by atoms with E-state index in [0.717, 1.165) is 11.1 Å². The van der Waals surface area contributed by atoms with E-state index in [1.807, 2.05) is 31.2 Å². The molecule has 2 N–H and O–H groups in total. The Morgan fingerprint density at radius 3 is 2.22 bits per heavy atom. The Morgan fingerprint density at radius 2 is 1.62 bits per heavy atom. The van der Waals surface area contributed by atoms with Crippen molar-refractivity contribution in [3.8, 4) is 0 Å². The number of carbonyl (C=O) groups excluding carboxylic acids is 4. The van der Waals surface area contributed by atoms with Gasteiger partial charge in [-0.2, -0.15) is 0 Å². The summed E-state index contributed by atoms with van der Waals surface area (Å²) in [5.74, 6) is -1.94. The molecule has 3 amide bonds. The predicted molar refractivity (Wildman–Crippen MR) is 120 cm³/mol. The van der Waals surface area contributed by atoms with Crippen LogP contribution < -0.4 is 10.6 Å². The molecule has 3 rings (SSSR count). The van der Waals surface area contributed by atoms with E-state index in [0.29, 0.717) is 17.9 Å². The van der Waals surface area contributed by atoms with E-state index in [1.165, 1.54) is 13.8 Å². The standard InChI is InChI=1S/C24H27N3O5/c1-15-4-6-18(7-5-15)13-27-14-19(12-22(27)29)24(31)32-16(2)23(30)26-21-10-8-20(9-11-21)25-17(3)28/h4-11,16,19H,12-14H2,1-3H3,(H,25,28)(H,26,30)/t16-,19+/m1/s1. The number of aryl methyl sites for hydroxylation is 1. The number of ether oxygens (including phenoxy) is 1.